The van der Waals surface area contributed by atoms with Crippen molar-refractivity contribution >= 4 is 11.7 Å². The fourth-order valence-corrected chi connectivity index (χ4v) is 1.16. The number of anilines is 1. The molecule has 0 spiro atoms. The average Bonchev–Trinajstić information content (AvgIpc) is 2.45. The highest BCUT2D eigenvalue weighted by Gasteiger charge is 2.15. The van der Waals surface area contributed by atoms with Crippen LogP contribution in [-0.4, -0.2) is 34.7 Å². The van der Waals surface area contributed by atoms with Gasteiger partial charge in [-0.15, -0.1) is 0 Å². The van der Waals surface area contributed by atoms with Gasteiger partial charge in [-0.05, 0) is 13.8 Å². The quantitative estimate of drug-likeness (QED) is 0.759. The molecule has 0 atom stereocenters. The van der Waals surface area contributed by atoms with Gasteiger partial charge < -0.3 is 10.6 Å². The van der Waals surface area contributed by atoms with E-state index in [0.717, 1.165) is 0 Å². The Morgan fingerprint density at radius 3 is 2.50 bits per heavy atom. The van der Waals surface area contributed by atoms with E-state index in [1.807, 2.05) is 13.8 Å². The zero-order valence-corrected chi connectivity index (χ0v) is 8.98. The highest BCUT2D eigenvalue weighted by atomic mass is 16.2. The lowest BCUT2D eigenvalue weighted by atomic mass is 10.4. The van der Waals surface area contributed by atoms with E-state index in [4.69, 9.17) is 5.73 Å². The van der Waals surface area contributed by atoms with Crippen molar-refractivity contribution in [3.8, 4) is 0 Å². The second-order valence-electron chi connectivity index (χ2n) is 3.69. The molecule has 14 heavy (non-hydrogen) atoms. The molecule has 0 saturated carbocycles. The molecule has 0 aromatic carbocycles. The third kappa shape index (κ3) is 1.86. The van der Waals surface area contributed by atoms with Crippen molar-refractivity contribution in [2.45, 2.75) is 19.9 Å². The molecule has 1 heterocycles. The molecule has 0 unspecified atom stereocenters. The van der Waals surface area contributed by atoms with E-state index in [1.54, 1.807) is 24.8 Å². The summed E-state index contributed by atoms with van der Waals surface area (Å²) in [7, 11) is 3.37. The second-order valence-corrected chi connectivity index (χ2v) is 3.69. The molecule has 1 aromatic rings. The van der Waals surface area contributed by atoms with Crippen molar-refractivity contribution in [2.24, 2.45) is 0 Å². The van der Waals surface area contributed by atoms with E-state index >= 15 is 0 Å². The minimum absolute atomic E-state index is 0.129. The van der Waals surface area contributed by atoms with Gasteiger partial charge in [0.05, 0.1) is 0 Å². The Hall–Kier alpha value is -1.52. The Labute approximate surface area is 83.5 Å². The van der Waals surface area contributed by atoms with Crippen molar-refractivity contribution in [3.05, 3.63) is 11.8 Å². The maximum atomic E-state index is 11.5. The Kier molecular flexibility index (Phi) is 2.78. The molecule has 0 aliphatic carbocycles. The largest absolute Gasteiger partial charge is 0.384 e. The van der Waals surface area contributed by atoms with Crippen molar-refractivity contribution in [2.75, 3.05) is 19.8 Å². The van der Waals surface area contributed by atoms with Gasteiger partial charge in [-0.3, -0.25) is 4.79 Å². The molecule has 78 valence electrons. The van der Waals surface area contributed by atoms with Crippen LogP contribution in [0.15, 0.2) is 6.07 Å². The lowest BCUT2D eigenvalue weighted by Gasteiger charge is -2.08. The number of nitrogens with zero attached hydrogens (tertiary/aromatic N) is 3. The van der Waals surface area contributed by atoms with E-state index in [9.17, 15) is 4.79 Å². The molecule has 0 fully saturated rings. The van der Waals surface area contributed by atoms with Crippen molar-refractivity contribution < 1.29 is 4.79 Å². The van der Waals surface area contributed by atoms with E-state index < -0.39 is 0 Å². The number of hydrogen-bond donors (Lipinski definition) is 1. The van der Waals surface area contributed by atoms with Crippen LogP contribution < -0.4 is 5.73 Å². The van der Waals surface area contributed by atoms with Crippen LogP contribution in [-0.2, 0) is 0 Å². The monoisotopic (exact) mass is 196 g/mol. The van der Waals surface area contributed by atoms with Crippen LogP contribution in [0.3, 0.4) is 0 Å². The van der Waals surface area contributed by atoms with Crippen LogP contribution in [0, 0.1) is 0 Å². The van der Waals surface area contributed by atoms with E-state index in [2.05, 4.69) is 5.10 Å². The number of aromatic nitrogens is 2. The third-order valence-corrected chi connectivity index (χ3v) is 1.88. The molecular weight excluding hydrogens is 180 g/mol. The predicted molar refractivity (Wildman–Crippen MR) is 55.0 cm³/mol. The topological polar surface area (TPSA) is 64.2 Å². The molecule has 1 amide bonds. The summed E-state index contributed by atoms with van der Waals surface area (Å²) in [5.74, 6) is 0.390. The lowest BCUT2D eigenvalue weighted by Crippen LogP contribution is -2.22. The first-order valence-corrected chi connectivity index (χ1v) is 4.50. The maximum Gasteiger partial charge on any atom is 0.273 e. The smallest absolute Gasteiger partial charge is 0.273 e. The molecule has 0 bridgehead atoms. The summed E-state index contributed by atoms with van der Waals surface area (Å²) < 4.78 is 1.64. The number of rotatable bonds is 2. The summed E-state index contributed by atoms with van der Waals surface area (Å²) in [6.07, 6.45) is 0. The Morgan fingerprint density at radius 1 is 1.57 bits per heavy atom. The average molecular weight is 196 g/mol. The van der Waals surface area contributed by atoms with Gasteiger partial charge in [-0.25, -0.2) is 4.68 Å². The molecule has 0 aliphatic heterocycles. The molecule has 0 radical (unpaired) electrons. The first-order valence-electron chi connectivity index (χ1n) is 4.50. The summed E-state index contributed by atoms with van der Waals surface area (Å²) in [6, 6.07) is 1.77. The number of carbonyl (C=O) groups is 1. The van der Waals surface area contributed by atoms with Crippen LogP contribution in [0.1, 0.15) is 30.4 Å². The zero-order chi connectivity index (χ0) is 10.9. The first-order chi connectivity index (χ1) is 6.43. The van der Waals surface area contributed by atoms with Gasteiger partial charge in [0.2, 0.25) is 0 Å². The Morgan fingerprint density at radius 2 is 2.14 bits per heavy atom. The summed E-state index contributed by atoms with van der Waals surface area (Å²) in [4.78, 5) is 13.0. The number of nitrogens with two attached hydrogens (primary N) is 1. The summed E-state index contributed by atoms with van der Waals surface area (Å²) in [5.41, 5.74) is 6.10. The van der Waals surface area contributed by atoms with Crippen molar-refractivity contribution in [1.82, 2.24) is 14.7 Å². The van der Waals surface area contributed by atoms with Crippen LogP contribution in [0.2, 0.25) is 0 Å². The Balaban J connectivity index is 3.02. The standard InChI is InChI=1S/C9H16N4O/c1-6(2)13-8(10)5-7(11-13)9(14)12(3)4/h5-6H,10H2,1-4H3. The Bertz CT molecular complexity index is 341. The summed E-state index contributed by atoms with van der Waals surface area (Å²) >= 11 is 0. The SMILES string of the molecule is CC(C)n1nc(C(=O)N(C)C)cc1N. The minimum Gasteiger partial charge on any atom is -0.384 e. The summed E-state index contributed by atoms with van der Waals surface area (Å²) in [6.45, 7) is 3.93. The molecule has 5 heteroatoms. The minimum atomic E-state index is -0.129. The van der Waals surface area contributed by atoms with Gasteiger partial charge in [-0.2, -0.15) is 5.10 Å². The summed E-state index contributed by atoms with van der Waals surface area (Å²) in [5, 5.41) is 4.13. The number of hydrogen-bond acceptors (Lipinski definition) is 3. The van der Waals surface area contributed by atoms with Gasteiger partial charge >= 0.3 is 0 Å². The van der Waals surface area contributed by atoms with Crippen molar-refractivity contribution in [3.63, 3.8) is 0 Å². The highest BCUT2D eigenvalue weighted by Crippen LogP contribution is 2.13. The predicted octanol–water partition coefficient (Wildman–Crippen LogP) is 0.748. The fraction of sp³-hybridized carbons (Fsp3) is 0.556. The fourth-order valence-electron chi connectivity index (χ4n) is 1.16. The van der Waals surface area contributed by atoms with E-state index in [0.29, 0.717) is 11.5 Å². The third-order valence-electron chi connectivity index (χ3n) is 1.88. The molecular formula is C9H16N4O. The number of carbonyl (C=O) groups excluding carboxylic acids is 1. The van der Waals surface area contributed by atoms with Crippen molar-refractivity contribution in [1.29, 1.82) is 0 Å². The van der Waals surface area contributed by atoms with Crippen LogP contribution in [0.25, 0.3) is 0 Å². The van der Waals surface area contributed by atoms with Crippen LogP contribution >= 0.6 is 0 Å². The molecule has 1 aromatic heterocycles. The normalized spacial score (nSPS) is 10.6. The lowest BCUT2D eigenvalue weighted by molar-refractivity contribution is 0.0821. The van der Waals surface area contributed by atoms with Crippen LogP contribution in [0.5, 0.6) is 0 Å². The number of nitrogen functional groups attached to an aromatic ring is 1. The molecule has 2 N–H and O–H groups in total. The molecule has 1 rings (SSSR count). The van der Waals surface area contributed by atoms with Gasteiger partial charge in [0.25, 0.3) is 5.91 Å². The number of amides is 1. The second kappa shape index (κ2) is 3.69. The zero-order valence-electron chi connectivity index (χ0n) is 8.98. The van der Waals surface area contributed by atoms with E-state index in [1.165, 1.54) is 4.90 Å². The van der Waals surface area contributed by atoms with E-state index in [-0.39, 0.29) is 11.9 Å². The van der Waals surface area contributed by atoms with Gasteiger partial charge in [0.15, 0.2) is 5.69 Å². The molecule has 0 saturated heterocycles. The van der Waals surface area contributed by atoms with Gasteiger partial charge in [0.1, 0.15) is 5.82 Å². The molecule has 5 nitrogen and oxygen atoms in total. The van der Waals surface area contributed by atoms with Gasteiger partial charge in [0, 0.05) is 26.2 Å². The molecule has 0 aliphatic rings. The van der Waals surface area contributed by atoms with Gasteiger partial charge in [-0.1, -0.05) is 0 Å². The van der Waals surface area contributed by atoms with Crippen LogP contribution in [0.4, 0.5) is 5.82 Å². The highest BCUT2D eigenvalue weighted by molar-refractivity contribution is 5.92. The first kappa shape index (κ1) is 10.6. The maximum absolute atomic E-state index is 11.5.